The topological polar surface area (TPSA) is 72.7 Å². The van der Waals surface area contributed by atoms with Crippen molar-refractivity contribution in [2.75, 3.05) is 6.54 Å². The molecule has 0 radical (unpaired) electrons. The molecule has 0 aliphatic heterocycles. The van der Waals surface area contributed by atoms with Crippen LogP contribution in [0.15, 0.2) is 53.7 Å². The highest BCUT2D eigenvalue weighted by molar-refractivity contribution is 8.00. The first-order chi connectivity index (χ1) is 14.0. The molecule has 152 valence electrons. The Hall–Kier alpha value is -2.67. The van der Waals surface area contributed by atoms with Gasteiger partial charge in [-0.25, -0.2) is 0 Å². The lowest BCUT2D eigenvalue weighted by molar-refractivity contribution is -0.120. The number of aryl methyl sites for hydroxylation is 2. The van der Waals surface area contributed by atoms with E-state index in [4.69, 9.17) is 0 Å². The number of carbonyl (C=O) groups excluding carboxylic acids is 1. The molecule has 0 saturated heterocycles. The largest absolute Gasteiger partial charge is 0.355 e. The number of hydrogen-bond acceptors (Lipinski definition) is 5. The van der Waals surface area contributed by atoms with Crippen LogP contribution < -0.4 is 5.32 Å². The lowest BCUT2D eigenvalue weighted by atomic mass is 9.96. The standard InChI is InChI=1S/C22H27N5OS/c1-5-18(19-9-7-6-8-10-19)14-23-21(28)17(4)29-22-24-25-26-27(22)20-12-15(2)11-16(3)13-20/h6-13,17-18H,5,14H2,1-4H3,(H,23,28)/t17-,18-/m0/s1. The van der Waals surface area contributed by atoms with Crippen molar-refractivity contribution < 1.29 is 4.79 Å². The van der Waals surface area contributed by atoms with E-state index in [1.807, 2.05) is 51.1 Å². The van der Waals surface area contributed by atoms with Crippen LogP contribution >= 0.6 is 11.8 Å². The molecule has 2 atom stereocenters. The fourth-order valence-corrected chi connectivity index (χ4v) is 4.12. The number of amides is 1. The molecule has 0 fully saturated rings. The van der Waals surface area contributed by atoms with Crippen LogP contribution in [-0.2, 0) is 4.79 Å². The number of carbonyl (C=O) groups is 1. The molecule has 2 aromatic carbocycles. The summed E-state index contributed by atoms with van der Waals surface area (Å²) in [6.45, 7) is 8.72. The minimum atomic E-state index is -0.307. The fraction of sp³-hybridized carbons (Fsp3) is 0.364. The molecule has 0 unspecified atom stereocenters. The van der Waals surface area contributed by atoms with E-state index >= 15 is 0 Å². The number of thioether (sulfide) groups is 1. The molecule has 7 heteroatoms. The maximum atomic E-state index is 12.7. The van der Waals surface area contributed by atoms with Crippen molar-refractivity contribution in [2.24, 2.45) is 0 Å². The van der Waals surface area contributed by atoms with Crippen molar-refractivity contribution >= 4 is 17.7 Å². The van der Waals surface area contributed by atoms with Gasteiger partial charge in [0.05, 0.1) is 10.9 Å². The number of benzene rings is 2. The second kappa shape index (κ2) is 9.69. The van der Waals surface area contributed by atoms with Crippen LogP contribution in [0.25, 0.3) is 5.69 Å². The summed E-state index contributed by atoms with van der Waals surface area (Å²) in [5.74, 6) is 0.289. The van der Waals surface area contributed by atoms with Crippen molar-refractivity contribution in [3.8, 4) is 5.69 Å². The van der Waals surface area contributed by atoms with Gasteiger partial charge in [0, 0.05) is 12.5 Å². The third-order valence-corrected chi connectivity index (χ3v) is 5.86. The van der Waals surface area contributed by atoms with Crippen molar-refractivity contribution in [1.82, 2.24) is 25.5 Å². The van der Waals surface area contributed by atoms with Gasteiger partial charge >= 0.3 is 0 Å². The predicted octanol–water partition coefficient (Wildman–Crippen LogP) is 4.07. The summed E-state index contributed by atoms with van der Waals surface area (Å²) in [6.07, 6.45) is 0.969. The highest BCUT2D eigenvalue weighted by Crippen LogP contribution is 2.24. The van der Waals surface area contributed by atoms with Crippen LogP contribution in [0, 0.1) is 13.8 Å². The van der Waals surface area contributed by atoms with Crippen LogP contribution in [0.3, 0.4) is 0 Å². The number of tetrazole rings is 1. The number of aromatic nitrogens is 4. The smallest absolute Gasteiger partial charge is 0.233 e. The van der Waals surface area contributed by atoms with Gasteiger partial charge in [0.2, 0.25) is 11.1 Å². The molecule has 0 spiro atoms. The quantitative estimate of drug-likeness (QED) is 0.568. The third kappa shape index (κ3) is 5.44. The van der Waals surface area contributed by atoms with E-state index < -0.39 is 0 Å². The second-order valence-corrected chi connectivity index (χ2v) is 8.55. The minimum Gasteiger partial charge on any atom is -0.355 e. The molecule has 3 rings (SSSR count). The van der Waals surface area contributed by atoms with Crippen LogP contribution in [0.1, 0.15) is 42.9 Å². The molecule has 1 amide bonds. The zero-order valence-corrected chi connectivity index (χ0v) is 18.1. The number of rotatable bonds is 8. The highest BCUT2D eigenvalue weighted by Gasteiger charge is 2.20. The Morgan fingerprint density at radius 1 is 1.14 bits per heavy atom. The van der Waals surface area contributed by atoms with E-state index in [1.54, 1.807) is 4.68 Å². The summed E-state index contributed by atoms with van der Waals surface area (Å²) >= 11 is 1.36. The lowest BCUT2D eigenvalue weighted by Crippen LogP contribution is -2.34. The molecule has 0 aliphatic carbocycles. The molecule has 0 saturated carbocycles. The van der Waals surface area contributed by atoms with E-state index in [0.717, 1.165) is 23.2 Å². The Morgan fingerprint density at radius 3 is 2.48 bits per heavy atom. The van der Waals surface area contributed by atoms with Crippen LogP contribution in [0.5, 0.6) is 0 Å². The Morgan fingerprint density at radius 2 is 1.83 bits per heavy atom. The highest BCUT2D eigenvalue weighted by atomic mass is 32.2. The lowest BCUT2D eigenvalue weighted by Gasteiger charge is -2.18. The number of nitrogens with zero attached hydrogens (tertiary/aromatic N) is 4. The van der Waals surface area contributed by atoms with Gasteiger partial charge in [-0.3, -0.25) is 4.79 Å². The average Bonchev–Trinajstić information content (AvgIpc) is 3.16. The second-order valence-electron chi connectivity index (χ2n) is 7.24. The summed E-state index contributed by atoms with van der Waals surface area (Å²) in [4.78, 5) is 12.7. The van der Waals surface area contributed by atoms with Crippen LogP contribution in [0.2, 0.25) is 0 Å². The van der Waals surface area contributed by atoms with Crippen molar-refractivity contribution in [2.45, 2.75) is 50.4 Å². The van der Waals surface area contributed by atoms with Crippen molar-refractivity contribution in [1.29, 1.82) is 0 Å². The first kappa shape index (κ1) is 21.0. The Labute approximate surface area is 176 Å². The van der Waals surface area contributed by atoms with E-state index in [9.17, 15) is 4.79 Å². The van der Waals surface area contributed by atoms with Gasteiger partial charge in [-0.2, -0.15) is 4.68 Å². The molecular weight excluding hydrogens is 382 g/mol. The summed E-state index contributed by atoms with van der Waals surface area (Å²) in [5, 5.41) is 15.4. The molecule has 1 N–H and O–H groups in total. The van der Waals surface area contributed by atoms with E-state index in [1.165, 1.54) is 17.3 Å². The van der Waals surface area contributed by atoms with Crippen molar-refractivity contribution in [3.05, 3.63) is 65.2 Å². The Kier molecular flexibility index (Phi) is 7.04. The molecule has 1 heterocycles. The van der Waals surface area contributed by atoms with Crippen LogP contribution in [-0.4, -0.2) is 37.9 Å². The molecule has 1 aromatic heterocycles. The van der Waals surface area contributed by atoms with Gasteiger partial charge in [0.25, 0.3) is 0 Å². The molecule has 6 nitrogen and oxygen atoms in total. The molecular formula is C22H27N5OS. The fourth-order valence-electron chi connectivity index (χ4n) is 3.29. The van der Waals surface area contributed by atoms with Crippen molar-refractivity contribution in [3.63, 3.8) is 0 Å². The third-order valence-electron chi connectivity index (χ3n) is 4.83. The first-order valence-corrected chi connectivity index (χ1v) is 10.7. The van der Waals surface area contributed by atoms with Gasteiger partial charge in [0.1, 0.15) is 0 Å². The summed E-state index contributed by atoms with van der Waals surface area (Å²) in [5.41, 5.74) is 4.43. The maximum absolute atomic E-state index is 12.7. The maximum Gasteiger partial charge on any atom is 0.233 e. The molecule has 29 heavy (non-hydrogen) atoms. The van der Waals surface area contributed by atoms with Crippen LogP contribution in [0.4, 0.5) is 0 Å². The predicted molar refractivity (Wildman–Crippen MR) is 116 cm³/mol. The number of hydrogen-bond donors (Lipinski definition) is 1. The van der Waals surface area contributed by atoms with E-state index in [2.05, 4.69) is 46.0 Å². The minimum absolute atomic E-state index is 0.0145. The van der Waals surface area contributed by atoms with Gasteiger partial charge in [-0.15, -0.1) is 5.10 Å². The molecule has 0 aliphatic rings. The summed E-state index contributed by atoms with van der Waals surface area (Å²) < 4.78 is 1.69. The SMILES string of the molecule is CC[C@@H](CNC(=O)[C@H](C)Sc1nnnn1-c1cc(C)cc(C)c1)c1ccccc1. The monoisotopic (exact) mass is 409 g/mol. The molecule has 0 bridgehead atoms. The first-order valence-electron chi connectivity index (χ1n) is 9.84. The van der Waals surface area contributed by atoms with Gasteiger partial charge in [-0.05, 0) is 66.4 Å². The van der Waals surface area contributed by atoms with E-state index in [0.29, 0.717) is 17.6 Å². The Balaban J connectivity index is 1.64. The Bertz CT molecular complexity index is 937. The number of nitrogens with one attached hydrogen (secondary N) is 1. The van der Waals surface area contributed by atoms with E-state index in [-0.39, 0.29) is 11.2 Å². The zero-order chi connectivity index (χ0) is 20.8. The summed E-state index contributed by atoms with van der Waals surface area (Å²) in [6, 6.07) is 16.5. The molecule has 3 aromatic rings. The normalized spacial score (nSPS) is 13.1. The average molecular weight is 410 g/mol. The van der Waals surface area contributed by atoms with Gasteiger partial charge in [0.15, 0.2) is 0 Å². The van der Waals surface area contributed by atoms with Gasteiger partial charge in [-0.1, -0.05) is 55.1 Å². The van der Waals surface area contributed by atoms with Gasteiger partial charge < -0.3 is 5.32 Å². The summed E-state index contributed by atoms with van der Waals surface area (Å²) in [7, 11) is 0. The zero-order valence-electron chi connectivity index (χ0n) is 17.3.